The first-order chi connectivity index (χ1) is 8.58. The number of carbonyl (C=O) groups is 1. The van der Waals surface area contributed by atoms with Crippen LogP contribution in [0, 0.1) is 11.8 Å². The van der Waals surface area contributed by atoms with Crippen molar-refractivity contribution in [2.45, 2.75) is 12.5 Å². The van der Waals surface area contributed by atoms with Gasteiger partial charge in [-0.1, -0.05) is 15.9 Å². The van der Waals surface area contributed by atoms with Gasteiger partial charge in [-0.2, -0.15) is 0 Å². The second kappa shape index (κ2) is 5.28. The summed E-state index contributed by atoms with van der Waals surface area (Å²) in [7, 11) is 3.48. The van der Waals surface area contributed by atoms with Crippen LogP contribution in [-0.2, 0) is 4.79 Å². The van der Waals surface area contributed by atoms with Crippen molar-refractivity contribution in [2.75, 3.05) is 14.2 Å². The van der Waals surface area contributed by atoms with Crippen molar-refractivity contribution in [1.29, 1.82) is 0 Å². The van der Waals surface area contributed by atoms with Gasteiger partial charge in [-0.05, 0) is 37.6 Å². The maximum atomic E-state index is 11.0. The molecule has 1 fully saturated rings. The Morgan fingerprint density at radius 1 is 1.61 bits per heavy atom. The number of ether oxygens (including phenoxy) is 1. The molecule has 3 unspecified atom stereocenters. The molecule has 0 aliphatic heterocycles. The largest absolute Gasteiger partial charge is 0.496 e. The second-order valence-corrected chi connectivity index (χ2v) is 5.41. The van der Waals surface area contributed by atoms with Gasteiger partial charge in [-0.25, -0.2) is 0 Å². The smallest absolute Gasteiger partial charge is 0.306 e. The molecule has 0 aromatic heterocycles. The van der Waals surface area contributed by atoms with E-state index >= 15 is 0 Å². The number of methoxy groups -OCH3 is 1. The van der Waals surface area contributed by atoms with Crippen molar-refractivity contribution in [3.63, 3.8) is 0 Å². The van der Waals surface area contributed by atoms with Gasteiger partial charge in [-0.3, -0.25) is 4.79 Å². The summed E-state index contributed by atoms with van der Waals surface area (Å²) in [5, 5.41) is 12.2. The van der Waals surface area contributed by atoms with Crippen molar-refractivity contribution in [1.82, 2.24) is 5.32 Å². The highest BCUT2D eigenvalue weighted by Crippen LogP contribution is 2.49. The summed E-state index contributed by atoms with van der Waals surface area (Å²) in [6, 6.07) is 5.80. The van der Waals surface area contributed by atoms with E-state index in [1.165, 1.54) is 0 Å². The third-order valence-corrected chi connectivity index (χ3v) is 3.92. The topological polar surface area (TPSA) is 58.6 Å². The van der Waals surface area contributed by atoms with Gasteiger partial charge in [0.2, 0.25) is 0 Å². The van der Waals surface area contributed by atoms with E-state index in [-0.39, 0.29) is 17.9 Å². The van der Waals surface area contributed by atoms with E-state index in [9.17, 15) is 4.79 Å². The molecule has 1 saturated carbocycles. The maximum Gasteiger partial charge on any atom is 0.306 e. The Kier molecular flexibility index (Phi) is 3.92. The lowest BCUT2D eigenvalue weighted by atomic mass is 10.00. The van der Waals surface area contributed by atoms with E-state index in [1.54, 1.807) is 7.11 Å². The monoisotopic (exact) mass is 313 g/mol. The van der Waals surface area contributed by atoms with E-state index < -0.39 is 5.97 Å². The number of hydrogen-bond acceptors (Lipinski definition) is 3. The summed E-state index contributed by atoms with van der Waals surface area (Å²) in [6.07, 6.45) is 0.719. The molecule has 18 heavy (non-hydrogen) atoms. The lowest BCUT2D eigenvalue weighted by Gasteiger charge is -2.19. The van der Waals surface area contributed by atoms with Gasteiger partial charge in [0.1, 0.15) is 5.75 Å². The van der Waals surface area contributed by atoms with Crippen LogP contribution in [0.1, 0.15) is 18.0 Å². The lowest BCUT2D eigenvalue weighted by molar-refractivity contribution is -0.138. The van der Waals surface area contributed by atoms with Gasteiger partial charge in [0.05, 0.1) is 13.0 Å². The minimum atomic E-state index is -0.714. The molecule has 0 amide bonds. The molecule has 2 N–H and O–H groups in total. The van der Waals surface area contributed by atoms with Crippen LogP contribution >= 0.6 is 15.9 Å². The molecule has 0 saturated heterocycles. The van der Waals surface area contributed by atoms with Crippen molar-refractivity contribution >= 4 is 21.9 Å². The molecule has 0 spiro atoms. The minimum Gasteiger partial charge on any atom is -0.496 e. The Morgan fingerprint density at radius 2 is 2.33 bits per heavy atom. The molecule has 4 nitrogen and oxygen atoms in total. The highest BCUT2D eigenvalue weighted by atomic mass is 79.9. The van der Waals surface area contributed by atoms with Gasteiger partial charge >= 0.3 is 5.97 Å². The van der Waals surface area contributed by atoms with Crippen LogP contribution in [0.2, 0.25) is 0 Å². The Bertz CT molecular complexity index is 464. The number of nitrogens with one attached hydrogen (secondary N) is 1. The van der Waals surface area contributed by atoms with E-state index in [2.05, 4.69) is 21.2 Å². The second-order valence-electron chi connectivity index (χ2n) is 4.50. The summed E-state index contributed by atoms with van der Waals surface area (Å²) in [5.41, 5.74) is 1.00. The number of rotatable bonds is 5. The molecule has 0 heterocycles. The summed E-state index contributed by atoms with van der Waals surface area (Å²) < 4.78 is 6.31. The highest BCUT2D eigenvalue weighted by Gasteiger charge is 2.48. The molecule has 3 atom stereocenters. The summed E-state index contributed by atoms with van der Waals surface area (Å²) in [6.45, 7) is 0. The number of carboxylic acids is 1. The standard InChI is InChI=1S/C13H16BrNO3/c1-15-12(8-6-9(8)13(16)17)10-5-7(14)3-4-11(10)18-2/h3-5,8-9,12,15H,6H2,1-2H3,(H,16,17). The fraction of sp³-hybridized carbons (Fsp3) is 0.462. The number of benzene rings is 1. The van der Waals surface area contributed by atoms with Gasteiger partial charge in [0.25, 0.3) is 0 Å². The summed E-state index contributed by atoms with van der Waals surface area (Å²) >= 11 is 3.44. The quantitative estimate of drug-likeness (QED) is 0.876. The summed E-state index contributed by atoms with van der Waals surface area (Å²) in [4.78, 5) is 11.0. The van der Waals surface area contributed by atoms with Gasteiger partial charge in [-0.15, -0.1) is 0 Å². The third kappa shape index (κ3) is 2.52. The molecule has 5 heteroatoms. The van der Waals surface area contributed by atoms with Crippen molar-refractivity contribution in [3.05, 3.63) is 28.2 Å². The van der Waals surface area contributed by atoms with Crippen LogP contribution in [0.15, 0.2) is 22.7 Å². The third-order valence-electron chi connectivity index (χ3n) is 3.42. The molecule has 1 aromatic rings. The number of carboxylic acid groups (broad SMARTS) is 1. The molecule has 1 aliphatic carbocycles. The van der Waals surface area contributed by atoms with Gasteiger partial charge in [0, 0.05) is 16.1 Å². The number of hydrogen-bond donors (Lipinski definition) is 2. The molecule has 1 aliphatic rings. The van der Waals surface area contributed by atoms with Gasteiger partial charge < -0.3 is 15.2 Å². The van der Waals surface area contributed by atoms with Crippen LogP contribution in [0.5, 0.6) is 5.75 Å². The molecular formula is C13H16BrNO3. The zero-order valence-corrected chi connectivity index (χ0v) is 11.9. The molecular weight excluding hydrogens is 298 g/mol. The zero-order chi connectivity index (χ0) is 13.3. The molecule has 0 radical (unpaired) electrons. The van der Waals surface area contributed by atoms with Crippen LogP contribution in [0.3, 0.4) is 0 Å². The van der Waals surface area contributed by atoms with Crippen molar-refractivity contribution < 1.29 is 14.6 Å². The predicted octanol–water partition coefficient (Wildman–Crippen LogP) is 2.44. The normalized spacial score (nSPS) is 23.5. The summed E-state index contributed by atoms with van der Waals surface area (Å²) in [5.74, 6) is -0.0374. The van der Waals surface area contributed by atoms with Crippen LogP contribution in [0.25, 0.3) is 0 Å². The zero-order valence-electron chi connectivity index (χ0n) is 10.3. The average molecular weight is 314 g/mol. The molecule has 0 bridgehead atoms. The first kappa shape index (κ1) is 13.4. The van der Waals surface area contributed by atoms with E-state index in [4.69, 9.17) is 9.84 Å². The van der Waals surface area contributed by atoms with E-state index in [0.717, 1.165) is 22.2 Å². The predicted molar refractivity (Wildman–Crippen MR) is 71.7 cm³/mol. The van der Waals surface area contributed by atoms with E-state index in [1.807, 2.05) is 25.2 Å². The lowest BCUT2D eigenvalue weighted by Crippen LogP contribution is -2.21. The molecule has 2 rings (SSSR count). The Hall–Kier alpha value is -1.07. The maximum absolute atomic E-state index is 11.0. The van der Waals surface area contributed by atoms with Crippen molar-refractivity contribution in [3.8, 4) is 5.75 Å². The Labute approximate surface area is 114 Å². The first-order valence-corrected chi connectivity index (χ1v) is 6.61. The molecule has 98 valence electrons. The fourth-order valence-electron chi connectivity index (χ4n) is 2.42. The fourth-order valence-corrected chi connectivity index (χ4v) is 2.79. The average Bonchev–Trinajstić information content (AvgIpc) is 3.11. The van der Waals surface area contributed by atoms with Crippen LogP contribution < -0.4 is 10.1 Å². The molecule has 1 aromatic carbocycles. The highest BCUT2D eigenvalue weighted by molar-refractivity contribution is 9.10. The Balaban J connectivity index is 2.28. The van der Waals surface area contributed by atoms with Crippen molar-refractivity contribution in [2.24, 2.45) is 11.8 Å². The van der Waals surface area contributed by atoms with Gasteiger partial charge in [0.15, 0.2) is 0 Å². The number of halogens is 1. The van der Waals surface area contributed by atoms with Crippen LogP contribution in [-0.4, -0.2) is 25.2 Å². The number of aliphatic carboxylic acids is 1. The first-order valence-electron chi connectivity index (χ1n) is 5.82. The Morgan fingerprint density at radius 3 is 2.83 bits per heavy atom. The minimum absolute atomic E-state index is 0.0125. The van der Waals surface area contributed by atoms with E-state index in [0.29, 0.717) is 0 Å². The van der Waals surface area contributed by atoms with Crippen LogP contribution in [0.4, 0.5) is 0 Å². The SMILES string of the molecule is CNC(c1cc(Br)ccc1OC)C1CC1C(=O)O.